The molecule has 3 nitrogen and oxygen atoms in total. The lowest BCUT2D eigenvalue weighted by Crippen LogP contribution is -2.10. The third-order valence-electron chi connectivity index (χ3n) is 1.95. The molecule has 0 saturated carbocycles. The van der Waals surface area contributed by atoms with E-state index in [2.05, 4.69) is 4.98 Å². The molecule has 0 bridgehead atoms. The van der Waals surface area contributed by atoms with Gasteiger partial charge in [-0.25, -0.2) is 13.2 Å². The molecule has 0 aliphatic heterocycles. The van der Waals surface area contributed by atoms with Crippen LogP contribution < -0.4 is 5.73 Å². The van der Waals surface area contributed by atoms with Crippen LogP contribution in [0.5, 0.6) is 0 Å². The molecule has 0 radical (unpaired) electrons. The quantitative estimate of drug-likeness (QED) is 0.834. The monoisotopic (exact) mass is 215 g/mol. The minimum atomic E-state index is -2.82. The summed E-state index contributed by atoms with van der Waals surface area (Å²) in [5, 5.41) is 8.43. The van der Waals surface area contributed by atoms with Crippen LogP contribution in [0.15, 0.2) is 6.20 Å². The summed E-state index contributed by atoms with van der Waals surface area (Å²) >= 11 is 0. The molecule has 0 fully saturated rings. The van der Waals surface area contributed by atoms with Gasteiger partial charge in [-0.2, -0.15) is 5.26 Å². The Balaban J connectivity index is 3.34. The number of aromatic nitrogens is 1. The Bertz CT molecular complexity index is 398. The first kappa shape index (κ1) is 11.5. The van der Waals surface area contributed by atoms with Crippen LogP contribution in [-0.4, -0.2) is 4.98 Å². The number of nitrogens with two attached hydrogens (primary N) is 1. The van der Waals surface area contributed by atoms with Gasteiger partial charge >= 0.3 is 0 Å². The smallest absolute Gasteiger partial charge is 0.280 e. The summed E-state index contributed by atoms with van der Waals surface area (Å²) in [4.78, 5) is 3.28. The van der Waals surface area contributed by atoms with E-state index < -0.39 is 17.9 Å². The fraction of sp³-hybridized carbons (Fsp3) is 0.333. The van der Waals surface area contributed by atoms with Gasteiger partial charge in [-0.1, -0.05) is 0 Å². The minimum Gasteiger partial charge on any atom is -0.326 e. The Kier molecular flexibility index (Phi) is 3.63. The average molecular weight is 215 g/mol. The maximum absolute atomic E-state index is 13.2. The third-order valence-corrected chi connectivity index (χ3v) is 1.95. The van der Waals surface area contributed by atoms with Gasteiger partial charge in [-0.15, -0.1) is 0 Å². The molecule has 6 heteroatoms. The molecule has 0 atom stereocenters. The first-order chi connectivity index (χ1) is 7.11. The van der Waals surface area contributed by atoms with Crippen LogP contribution in [0.2, 0.25) is 0 Å². The van der Waals surface area contributed by atoms with Crippen molar-refractivity contribution in [3.05, 3.63) is 28.8 Å². The van der Waals surface area contributed by atoms with Gasteiger partial charge in [-0.3, -0.25) is 4.98 Å². The van der Waals surface area contributed by atoms with Crippen molar-refractivity contribution in [1.29, 1.82) is 5.26 Å². The Morgan fingerprint density at radius 3 is 2.60 bits per heavy atom. The standard InChI is InChI=1S/C9H8F3N3/c10-7-4-15-8(9(11)12)6(3-14)5(7)1-2-13/h4,9H,1,3,14H2. The molecule has 1 heterocycles. The molecule has 15 heavy (non-hydrogen) atoms. The Hall–Kier alpha value is -1.61. The van der Waals surface area contributed by atoms with Crippen molar-refractivity contribution >= 4 is 0 Å². The van der Waals surface area contributed by atoms with Crippen molar-refractivity contribution in [3.63, 3.8) is 0 Å². The summed E-state index contributed by atoms with van der Waals surface area (Å²) in [6, 6.07) is 1.70. The van der Waals surface area contributed by atoms with Crippen molar-refractivity contribution in [3.8, 4) is 6.07 Å². The van der Waals surface area contributed by atoms with Crippen LogP contribution in [0.3, 0.4) is 0 Å². The fourth-order valence-corrected chi connectivity index (χ4v) is 1.27. The maximum atomic E-state index is 13.2. The van der Waals surface area contributed by atoms with E-state index in [4.69, 9.17) is 11.0 Å². The number of hydrogen-bond donors (Lipinski definition) is 1. The zero-order valence-electron chi connectivity index (χ0n) is 7.67. The molecular weight excluding hydrogens is 207 g/mol. The molecule has 0 aromatic carbocycles. The topological polar surface area (TPSA) is 62.7 Å². The highest BCUT2D eigenvalue weighted by Crippen LogP contribution is 2.24. The number of nitriles is 1. The Morgan fingerprint density at radius 2 is 2.13 bits per heavy atom. The largest absolute Gasteiger partial charge is 0.326 e. The van der Waals surface area contributed by atoms with E-state index >= 15 is 0 Å². The van der Waals surface area contributed by atoms with E-state index in [1.54, 1.807) is 6.07 Å². The number of hydrogen-bond acceptors (Lipinski definition) is 3. The van der Waals surface area contributed by atoms with E-state index in [0.29, 0.717) is 6.20 Å². The summed E-state index contributed by atoms with van der Waals surface area (Å²) in [7, 11) is 0. The van der Waals surface area contributed by atoms with Crippen LogP contribution in [0.25, 0.3) is 0 Å². The second kappa shape index (κ2) is 4.75. The zero-order valence-corrected chi connectivity index (χ0v) is 7.67. The molecular formula is C9H8F3N3. The number of rotatable bonds is 3. The van der Waals surface area contributed by atoms with E-state index in [0.717, 1.165) is 0 Å². The van der Waals surface area contributed by atoms with E-state index in [-0.39, 0.29) is 24.1 Å². The van der Waals surface area contributed by atoms with Crippen LogP contribution in [0.1, 0.15) is 23.2 Å². The highest BCUT2D eigenvalue weighted by molar-refractivity contribution is 5.33. The first-order valence-corrected chi connectivity index (χ1v) is 4.13. The lowest BCUT2D eigenvalue weighted by Gasteiger charge is -2.10. The molecule has 1 aromatic heterocycles. The Morgan fingerprint density at radius 1 is 1.47 bits per heavy atom. The molecule has 0 amide bonds. The zero-order chi connectivity index (χ0) is 11.4. The molecule has 80 valence electrons. The van der Waals surface area contributed by atoms with Crippen molar-refractivity contribution in [2.45, 2.75) is 19.4 Å². The summed E-state index contributed by atoms with van der Waals surface area (Å²) in [5.74, 6) is -0.776. The molecule has 2 N–H and O–H groups in total. The molecule has 0 unspecified atom stereocenters. The van der Waals surface area contributed by atoms with Gasteiger partial charge in [0, 0.05) is 17.7 Å². The van der Waals surface area contributed by atoms with Gasteiger partial charge in [0.05, 0.1) is 18.7 Å². The third kappa shape index (κ3) is 2.25. The van der Waals surface area contributed by atoms with Gasteiger partial charge in [0.1, 0.15) is 11.5 Å². The van der Waals surface area contributed by atoms with Crippen molar-refractivity contribution in [2.24, 2.45) is 5.73 Å². The van der Waals surface area contributed by atoms with E-state index in [9.17, 15) is 13.2 Å². The second-order valence-electron chi connectivity index (χ2n) is 2.79. The fourth-order valence-electron chi connectivity index (χ4n) is 1.27. The molecule has 0 aliphatic carbocycles. The van der Waals surface area contributed by atoms with Gasteiger partial charge in [0.25, 0.3) is 6.43 Å². The van der Waals surface area contributed by atoms with Crippen LogP contribution in [-0.2, 0) is 13.0 Å². The van der Waals surface area contributed by atoms with Crippen LogP contribution in [0.4, 0.5) is 13.2 Å². The molecule has 0 aliphatic rings. The van der Waals surface area contributed by atoms with Crippen molar-refractivity contribution < 1.29 is 13.2 Å². The summed E-state index contributed by atoms with van der Waals surface area (Å²) in [5.41, 5.74) is 4.52. The summed E-state index contributed by atoms with van der Waals surface area (Å²) in [6.07, 6.45) is -2.42. The highest BCUT2D eigenvalue weighted by atomic mass is 19.3. The van der Waals surface area contributed by atoms with Gasteiger partial charge < -0.3 is 5.73 Å². The van der Waals surface area contributed by atoms with Gasteiger partial charge in [0.2, 0.25) is 0 Å². The molecule has 0 spiro atoms. The molecule has 0 saturated heterocycles. The summed E-state index contributed by atoms with van der Waals surface area (Å²) < 4.78 is 38.0. The average Bonchev–Trinajstić information content (AvgIpc) is 2.20. The lowest BCUT2D eigenvalue weighted by molar-refractivity contribution is 0.144. The number of nitrogens with zero attached hydrogens (tertiary/aromatic N) is 2. The number of pyridine rings is 1. The van der Waals surface area contributed by atoms with Crippen LogP contribution >= 0.6 is 0 Å². The van der Waals surface area contributed by atoms with Crippen LogP contribution in [0, 0.1) is 17.1 Å². The minimum absolute atomic E-state index is 0.0773. The van der Waals surface area contributed by atoms with E-state index in [1.807, 2.05) is 0 Å². The van der Waals surface area contributed by atoms with Gasteiger partial charge in [0.15, 0.2) is 0 Å². The highest BCUT2D eigenvalue weighted by Gasteiger charge is 2.19. The predicted octanol–water partition coefficient (Wildman–Crippen LogP) is 1.68. The van der Waals surface area contributed by atoms with Crippen molar-refractivity contribution in [2.75, 3.05) is 0 Å². The molecule has 1 aromatic rings. The number of alkyl halides is 2. The first-order valence-electron chi connectivity index (χ1n) is 4.13. The predicted molar refractivity (Wildman–Crippen MR) is 46.4 cm³/mol. The van der Waals surface area contributed by atoms with Gasteiger partial charge in [-0.05, 0) is 0 Å². The lowest BCUT2D eigenvalue weighted by atomic mass is 10.0. The SMILES string of the molecule is N#CCc1c(F)cnc(C(F)F)c1CN. The Labute approximate surface area is 84.3 Å². The normalized spacial score (nSPS) is 10.4. The number of halogens is 3. The maximum Gasteiger partial charge on any atom is 0.280 e. The molecule has 1 rings (SSSR count). The second-order valence-corrected chi connectivity index (χ2v) is 2.79. The van der Waals surface area contributed by atoms with E-state index in [1.165, 1.54) is 0 Å². The van der Waals surface area contributed by atoms with Crippen molar-refractivity contribution in [1.82, 2.24) is 4.98 Å². The summed E-state index contributed by atoms with van der Waals surface area (Å²) in [6.45, 7) is -0.262.